The molecule has 3 aromatic rings. The number of nitrogens with one attached hydrogen (secondary N) is 1. The molecule has 0 aliphatic rings. The number of aromatic nitrogens is 1. The highest BCUT2D eigenvalue weighted by atomic mass is 32.2. The quantitative estimate of drug-likeness (QED) is 0.120. The molecule has 3 rings (SSSR count). The van der Waals surface area contributed by atoms with E-state index in [9.17, 15) is 13.2 Å². The highest BCUT2D eigenvalue weighted by Crippen LogP contribution is 2.13. The van der Waals surface area contributed by atoms with Crippen molar-refractivity contribution in [2.45, 2.75) is 50.8 Å². The number of rotatable bonds is 10. The van der Waals surface area contributed by atoms with Crippen molar-refractivity contribution in [2.75, 3.05) is 0 Å². The van der Waals surface area contributed by atoms with E-state index >= 15 is 0 Å². The summed E-state index contributed by atoms with van der Waals surface area (Å²) in [4.78, 5) is 12.1. The standard InChI is InChI=1S/C22H27N3O.C7H8O3S/c1-3-4-5-7-13-20(16-19-11-8-6-9-12-19)17-23-24-22(26)21-14-10-15-25(2)18-21;1-6-2-4-7(5-3-6)11(8,9)10/h6,8-12,14-18H,3-5,7,13H2,1-2H3;2-5H,1H3,(H,8,9,10)/p+1/b20-16+,23-17+;. The van der Waals surface area contributed by atoms with E-state index in [0.717, 1.165) is 29.5 Å². The van der Waals surface area contributed by atoms with Crippen LogP contribution in [0.4, 0.5) is 0 Å². The van der Waals surface area contributed by atoms with Gasteiger partial charge in [-0.2, -0.15) is 13.5 Å². The molecule has 196 valence electrons. The van der Waals surface area contributed by atoms with Gasteiger partial charge in [-0.1, -0.05) is 80.3 Å². The second kappa shape index (κ2) is 15.5. The predicted molar refractivity (Wildman–Crippen MR) is 148 cm³/mol. The van der Waals surface area contributed by atoms with Crippen LogP contribution in [0, 0.1) is 6.92 Å². The van der Waals surface area contributed by atoms with Gasteiger partial charge < -0.3 is 0 Å². The minimum Gasteiger partial charge on any atom is -0.282 e. The van der Waals surface area contributed by atoms with E-state index < -0.39 is 10.1 Å². The summed E-state index contributed by atoms with van der Waals surface area (Å²) < 4.78 is 31.4. The van der Waals surface area contributed by atoms with Gasteiger partial charge in [0.2, 0.25) is 0 Å². The maximum Gasteiger partial charge on any atom is 0.294 e. The zero-order valence-corrected chi connectivity index (χ0v) is 22.5. The van der Waals surface area contributed by atoms with Crippen molar-refractivity contribution < 1.29 is 22.3 Å². The highest BCUT2D eigenvalue weighted by molar-refractivity contribution is 7.85. The van der Waals surface area contributed by atoms with Gasteiger partial charge in [0.05, 0.1) is 11.1 Å². The first-order valence-electron chi connectivity index (χ1n) is 12.3. The molecule has 8 heteroatoms. The molecule has 0 spiro atoms. The van der Waals surface area contributed by atoms with E-state index in [2.05, 4.69) is 35.7 Å². The smallest absolute Gasteiger partial charge is 0.282 e. The fraction of sp³-hybridized carbons (Fsp3) is 0.276. The molecular formula is C29H36N3O4S+. The monoisotopic (exact) mass is 522 g/mol. The average molecular weight is 523 g/mol. The molecule has 0 radical (unpaired) electrons. The van der Waals surface area contributed by atoms with Crippen molar-refractivity contribution in [2.24, 2.45) is 12.1 Å². The maximum absolute atomic E-state index is 12.2. The van der Waals surface area contributed by atoms with Crippen molar-refractivity contribution in [3.63, 3.8) is 0 Å². The lowest BCUT2D eigenvalue weighted by molar-refractivity contribution is -0.671. The highest BCUT2D eigenvalue weighted by Gasteiger charge is 2.08. The minimum absolute atomic E-state index is 0.0666. The molecule has 0 saturated carbocycles. The van der Waals surface area contributed by atoms with Gasteiger partial charge in [-0.15, -0.1) is 0 Å². The number of amides is 1. The summed E-state index contributed by atoms with van der Waals surface area (Å²) in [7, 11) is -2.13. The molecule has 2 aromatic carbocycles. The average Bonchev–Trinajstić information content (AvgIpc) is 2.87. The number of carbonyl (C=O) groups excluding carboxylic acids is 1. The van der Waals surface area contributed by atoms with Crippen LogP contribution in [0.25, 0.3) is 6.08 Å². The Morgan fingerprint density at radius 2 is 1.70 bits per heavy atom. The lowest BCUT2D eigenvalue weighted by Gasteiger charge is -2.03. The van der Waals surface area contributed by atoms with Gasteiger partial charge in [0.25, 0.3) is 16.0 Å². The van der Waals surface area contributed by atoms with Crippen LogP contribution in [0.1, 0.15) is 60.5 Å². The molecule has 0 saturated heterocycles. The van der Waals surface area contributed by atoms with Gasteiger partial charge >= 0.3 is 0 Å². The van der Waals surface area contributed by atoms with Gasteiger partial charge in [0.15, 0.2) is 12.4 Å². The molecule has 0 aliphatic carbocycles. The van der Waals surface area contributed by atoms with E-state index in [1.807, 2.05) is 49.0 Å². The summed E-state index contributed by atoms with van der Waals surface area (Å²) >= 11 is 0. The Balaban J connectivity index is 0.000000364. The molecule has 0 atom stereocenters. The lowest BCUT2D eigenvalue weighted by Crippen LogP contribution is -2.29. The third-order valence-electron chi connectivity index (χ3n) is 5.39. The maximum atomic E-state index is 12.2. The number of pyridine rings is 1. The number of unbranched alkanes of at least 4 members (excludes halogenated alkanes) is 3. The van der Waals surface area contributed by atoms with Gasteiger partial charge in [-0.3, -0.25) is 9.35 Å². The Labute approximate surface area is 220 Å². The first-order chi connectivity index (χ1) is 17.7. The fourth-order valence-electron chi connectivity index (χ4n) is 3.36. The molecule has 0 aliphatic heterocycles. The molecule has 1 amide bonds. The van der Waals surface area contributed by atoms with Gasteiger partial charge in [-0.05, 0) is 49.1 Å². The number of hydrogen-bond acceptors (Lipinski definition) is 4. The second-order valence-corrected chi connectivity index (χ2v) is 10.1. The van der Waals surface area contributed by atoms with Crippen molar-refractivity contribution in [3.8, 4) is 0 Å². The summed E-state index contributed by atoms with van der Waals surface area (Å²) in [6.45, 7) is 4.05. The Kier molecular flexibility index (Phi) is 12.4. The van der Waals surface area contributed by atoms with E-state index in [4.69, 9.17) is 4.55 Å². The number of hydrazone groups is 1. The van der Waals surface area contributed by atoms with E-state index in [1.54, 1.807) is 30.6 Å². The van der Waals surface area contributed by atoms with Crippen molar-refractivity contribution in [1.82, 2.24) is 5.43 Å². The number of nitrogens with zero attached hydrogens (tertiary/aromatic N) is 2. The molecular weight excluding hydrogens is 486 g/mol. The van der Waals surface area contributed by atoms with Gasteiger partial charge in [-0.25, -0.2) is 9.99 Å². The predicted octanol–water partition coefficient (Wildman–Crippen LogP) is 5.52. The number of benzene rings is 2. The molecule has 2 N–H and O–H groups in total. The third kappa shape index (κ3) is 11.8. The Hall–Kier alpha value is -3.62. The number of allylic oxidation sites excluding steroid dienone is 1. The van der Waals surface area contributed by atoms with Crippen LogP contribution >= 0.6 is 0 Å². The van der Waals surface area contributed by atoms with Crippen LogP contribution < -0.4 is 9.99 Å². The fourth-order valence-corrected chi connectivity index (χ4v) is 3.84. The van der Waals surface area contributed by atoms with Crippen molar-refractivity contribution >= 4 is 28.3 Å². The normalized spacial score (nSPS) is 11.6. The molecule has 1 heterocycles. The van der Waals surface area contributed by atoms with Crippen LogP contribution in [0.5, 0.6) is 0 Å². The summed E-state index contributed by atoms with van der Waals surface area (Å²) in [5, 5.41) is 4.17. The third-order valence-corrected chi connectivity index (χ3v) is 6.26. The summed E-state index contributed by atoms with van der Waals surface area (Å²) in [5.41, 5.74) is 6.42. The molecule has 0 fully saturated rings. The van der Waals surface area contributed by atoms with E-state index in [-0.39, 0.29) is 10.8 Å². The second-order valence-electron chi connectivity index (χ2n) is 8.69. The van der Waals surface area contributed by atoms with Crippen molar-refractivity contribution in [3.05, 3.63) is 101 Å². The van der Waals surface area contributed by atoms with Gasteiger partial charge in [0, 0.05) is 6.07 Å². The number of aryl methyl sites for hydroxylation is 2. The topological polar surface area (TPSA) is 99.7 Å². The SMILES string of the molecule is CCCCCCC(/C=N/NC(=O)c1ccc[n+](C)c1)=C\c1ccccc1.Cc1ccc(S(=O)(=O)O)cc1. The Morgan fingerprint density at radius 3 is 2.32 bits per heavy atom. The summed E-state index contributed by atoms with van der Waals surface area (Å²) in [6.07, 6.45) is 13.3. The Bertz CT molecular complexity index is 1290. The first kappa shape index (κ1) is 29.6. The van der Waals surface area contributed by atoms with E-state index in [0.29, 0.717) is 5.56 Å². The molecule has 37 heavy (non-hydrogen) atoms. The Morgan fingerprint density at radius 1 is 1.00 bits per heavy atom. The minimum atomic E-state index is -4.02. The molecule has 7 nitrogen and oxygen atoms in total. The summed E-state index contributed by atoms with van der Waals surface area (Å²) in [5.74, 6) is -0.206. The zero-order chi connectivity index (χ0) is 27.1. The molecule has 0 bridgehead atoms. The first-order valence-corrected chi connectivity index (χ1v) is 13.7. The number of carbonyl (C=O) groups is 1. The van der Waals surface area contributed by atoms with Crippen LogP contribution in [-0.4, -0.2) is 25.1 Å². The van der Waals surface area contributed by atoms with Crippen LogP contribution in [0.3, 0.4) is 0 Å². The molecule has 0 unspecified atom stereocenters. The molecule has 1 aromatic heterocycles. The lowest BCUT2D eigenvalue weighted by atomic mass is 10.0. The number of hydrogen-bond donors (Lipinski definition) is 2. The van der Waals surface area contributed by atoms with Crippen LogP contribution in [0.15, 0.2) is 94.7 Å². The summed E-state index contributed by atoms with van der Waals surface area (Å²) in [6, 6.07) is 19.8. The van der Waals surface area contributed by atoms with Crippen LogP contribution in [-0.2, 0) is 17.2 Å². The van der Waals surface area contributed by atoms with Gasteiger partial charge in [0.1, 0.15) is 12.6 Å². The van der Waals surface area contributed by atoms with Crippen molar-refractivity contribution in [1.29, 1.82) is 0 Å². The zero-order valence-electron chi connectivity index (χ0n) is 21.7. The largest absolute Gasteiger partial charge is 0.294 e. The van der Waals surface area contributed by atoms with E-state index in [1.165, 1.54) is 31.4 Å². The van der Waals surface area contributed by atoms with Crippen LogP contribution in [0.2, 0.25) is 0 Å².